The van der Waals surface area contributed by atoms with E-state index >= 15 is 0 Å². The molecule has 2 amide bonds. The van der Waals surface area contributed by atoms with Crippen LogP contribution >= 0.6 is 11.8 Å². The van der Waals surface area contributed by atoms with Crippen LogP contribution in [0.5, 0.6) is 11.5 Å². The van der Waals surface area contributed by atoms with Crippen LogP contribution < -0.4 is 25.7 Å². The molecule has 0 aliphatic carbocycles. The molecule has 10 heteroatoms. The highest BCUT2D eigenvalue weighted by Crippen LogP contribution is 2.29. The van der Waals surface area contributed by atoms with Crippen molar-refractivity contribution in [3.05, 3.63) is 76.2 Å². The van der Waals surface area contributed by atoms with Gasteiger partial charge >= 0.3 is 0 Å². The average molecular weight is 483 g/mol. The molecule has 0 radical (unpaired) electrons. The summed E-state index contributed by atoms with van der Waals surface area (Å²) in [5.41, 5.74) is 1.54. The van der Waals surface area contributed by atoms with E-state index < -0.39 is 0 Å². The number of carbonyl (C=O) groups excluding carboxylic acids is 2. The number of hydrogen-bond donors (Lipinski definition) is 3. The number of carbonyl (C=O) groups is 2. The highest BCUT2D eigenvalue weighted by atomic mass is 32.2. The summed E-state index contributed by atoms with van der Waals surface area (Å²) in [5.74, 6) is 0.516. The molecular formula is C24H26N4O5S. The molecule has 0 aliphatic heterocycles. The standard InChI is InChI=1S/C24H26N4O5S/c1-32-18-8-9-20(33-2)19(14-18)27-23(31)15-34-24-26-17(13-22(30)28-24)12-21(29)25-11-10-16-6-4-3-5-7-16/h3-9,13-14H,10-12,15H2,1-2H3,(H,25,29)(H,27,31)(H,26,28,30). The molecule has 3 aromatic rings. The topological polar surface area (TPSA) is 122 Å². The maximum atomic E-state index is 12.4. The van der Waals surface area contributed by atoms with Gasteiger partial charge in [-0.05, 0) is 24.1 Å². The van der Waals surface area contributed by atoms with Crippen molar-refractivity contribution < 1.29 is 19.1 Å². The van der Waals surface area contributed by atoms with Crippen LogP contribution in [0.2, 0.25) is 0 Å². The Bertz CT molecular complexity index is 1180. The lowest BCUT2D eigenvalue weighted by Gasteiger charge is -2.11. The lowest BCUT2D eigenvalue weighted by Crippen LogP contribution is -2.28. The van der Waals surface area contributed by atoms with Crippen LogP contribution in [-0.4, -0.2) is 48.3 Å². The zero-order valence-electron chi connectivity index (χ0n) is 18.9. The third-order valence-electron chi connectivity index (χ3n) is 4.71. The Morgan fingerprint density at radius 3 is 2.56 bits per heavy atom. The van der Waals surface area contributed by atoms with Crippen molar-refractivity contribution in [3.63, 3.8) is 0 Å². The van der Waals surface area contributed by atoms with Crippen LogP contribution in [0.25, 0.3) is 0 Å². The fourth-order valence-electron chi connectivity index (χ4n) is 3.09. The Kier molecular flexibility index (Phi) is 9.10. The molecule has 0 spiro atoms. The monoisotopic (exact) mass is 482 g/mol. The number of nitrogens with one attached hydrogen (secondary N) is 3. The fraction of sp³-hybridized carbons (Fsp3) is 0.250. The van der Waals surface area contributed by atoms with Crippen molar-refractivity contribution in [2.45, 2.75) is 18.0 Å². The zero-order chi connectivity index (χ0) is 24.3. The quantitative estimate of drug-likeness (QED) is 0.283. The molecule has 178 valence electrons. The maximum Gasteiger partial charge on any atom is 0.251 e. The predicted molar refractivity (Wildman–Crippen MR) is 131 cm³/mol. The smallest absolute Gasteiger partial charge is 0.251 e. The van der Waals surface area contributed by atoms with E-state index in [2.05, 4.69) is 20.6 Å². The summed E-state index contributed by atoms with van der Waals surface area (Å²) in [7, 11) is 3.03. The summed E-state index contributed by atoms with van der Waals surface area (Å²) < 4.78 is 10.4. The highest BCUT2D eigenvalue weighted by molar-refractivity contribution is 7.99. The normalized spacial score (nSPS) is 10.4. The first-order valence-corrected chi connectivity index (χ1v) is 11.5. The van der Waals surface area contributed by atoms with E-state index in [4.69, 9.17) is 9.47 Å². The molecule has 0 saturated heterocycles. The number of rotatable bonds is 11. The Hall–Kier alpha value is -3.79. The van der Waals surface area contributed by atoms with Gasteiger partial charge in [-0.3, -0.25) is 14.4 Å². The van der Waals surface area contributed by atoms with Crippen molar-refractivity contribution in [2.75, 3.05) is 31.8 Å². The lowest BCUT2D eigenvalue weighted by atomic mass is 10.1. The minimum absolute atomic E-state index is 0.00394. The van der Waals surface area contributed by atoms with E-state index in [1.54, 1.807) is 18.2 Å². The Morgan fingerprint density at radius 1 is 1.03 bits per heavy atom. The Labute approximate surface area is 201 Å². The van der Waals surface area contributed by atoms with Crippen LogP contribution in [0.1, 0.15) is 11.3 Å². The summed E-state index contributed by atoms with van der Waals surface area (Å²) in [6, 6.07) is 16.2. The maximum absolute atomic E-state index is 12.4. The summed E-state index contributed by atoms with van der Waals surface area (Å²) in [5, 5.41) is 5.84. The van der Waals surface area contributed by atoms with Crippen LogP contribution in [0, 0.1) is 0 Å². The number of ether oxygens (including phenoxy) is 2. The first-order chi connectivity index (χ1) is 16.5. The van der Waals surface area contributed by atoms with E-state index in [1.807, 2.05) is 30.3 Å². The molecule has 1 heterocycles. The van der Waals surface area contributed by atoms with Crippen molar-refractivity contribution in [2.24, 2.45) is 0 Å². The number of nitrogens with zero attached hydrogens (tertiary/aromatic N) is 1. The summed E-state index contributed by atoms with van der Waals surface area (Å²) in [4.78, 5) is 43.6. The average Bonchev–Trinajstić information content (AvgIpc) is 2.83. The minimum Gasteiger partial charge on any atom is -0.497 e. The van der Waals surface area contributed by atoms with E-state index in [1.165, 1.54) is 20.3 Å². The van der Waals surface area contributed by atoms with Crippen molar-refractivity contribution in [1.29, 1.82) is 0 Å². The van der Waals surface area contributed by atoms with Gasteiger partial charge in [0.15, 0.2) is 5.16 Å². The number of methoxy groups -OCH3 is 2. The first-order valence-electron chi connectivity index (χ1n) is 10.5. The number of benzene rings is 2. The second-order valence-corrected chi connectivity index (χ2v) is 8.17. The fourth-order valence-corrected chi connectivity index (χ4v) is 3.79. The number of thioether (sulfide) groups is 1. The first kappa shape index (κ1) is 24.8. The van der Waals surface area contributed by atoms with Crippen LogP contribution in [-0.2, 0) is 22.4 Å². The minimum atomic E-state index is -0.389. The Balaban J connectivity index is 1.53. The van der Waals surface area contributed by atoms with Gasteiger partial charge in [0.2, 0.25) is 11.8 Å². The van der Waals surface area contributed by atoms with E-state index in [-0.39, 0.29) is 34.7 Å². The molecule has 0 fully saturated rings. The summed E-state index contributed by atoms with van der Waals surface area (Å²) in [6.45, 7) is 0.488. The van der Waals surface area contributed by atoms with Gasteiger partial charge in [0.1, 0.15) is 11.5 Å². The second-order valence-electron chi connectivity index (χ2n) is 7.21. The van der Waals surface area contributed by atoms with Gasteiger partial charge in [0.05, 0.1) is 37.8 Å². The molecule has 3 N–H and O–H groups in total. The van der Waals surface area contributed by atoms with E-state index in [0.717, 1.165) is 17.3 Å². The van der Waals surface area contributed by atoms with Gasteiger partial charge in [-0.15, -0.1) is 0 Å². The molecule has 9 nitrogen and oxygen atoms in total. The molecular weight excluding hydrogens is 456 g/mol. The highest BCUT2D eigenvalue weighted by Gasteiger charge is 2.12. The van der Waals surface area contributed by atoms with Gasteiger partial charge in [-0.25, -0.2) is 4.98 Å². The van der Waals surface area contributed by atoms with Gasteiger partial charge in [-0.1, -0.05) is 42.1 Å². The van der Waals surface area contributed by atoms with E-state index in [0.29, 0.717) is 35.8 Å². The number of amides is 2. The largest absolute Gasteiger partial charge is 0.497 e. The predicted octanol–water partition coefficient (Wildman–Crippen LogP) is 2.42. The third kappa shape index (κ3) is 7.66. The van der Waals surface area contributed by atoms with Crippen LogP contribution in [0.15, 0.2) is 64.5 Å². The molecule has 0 unspecified atom stereocenters. The third-order valence-corrected chi connectivity index (χ3v) is 5.59. The molecule has 0 bridgehead atoms. The van der Waals surface area contributed by atoms with E-state index in [9.17, 15) is 14.4 Å². The van der Waals surface area contributed by atoms with Crippen LogP contribution in [0.4, 0.5) is 5.69 Å². The van der Waals surface area contributed by atoms with Crippen molar-refractivity contribution in [1.82, 2.24) is 15.3 Å². The number of aromatic nitrogens is 2. The molecule has 34 heavy (non-hydrogen) atoms. The van der Waals surface area contributed by atoms with Crippen molar-refractivity contribution in [3.8, 4) is 11.5 Å². The molecule has 2 aromatic carbocycles. The second kappa shape index (κ2) is 12.4. The van der Waals surface area contributed by atoms with Crippen molar-refractivity contribution >= 4 is 29.3 Å². The zero-order valence-corrected chi connectivity index (χ0v) is 19.7. The summed E-state index contributed by atoms with van der Waals surface area (Å²) >= 11 is 1.06. The Morgan fingerprint density at radius 2 is 1.82 bits per heavy atom. The van der Waals surface area contributed by atoms with Gasteiger partial charge in [0, 0.05) is 18.7 Å². The van der Waals surface area contributed by atoms with Crippen LogP contribution in [0.3, 0.4) is 0 Å². The molecule has 0 atom stereocenters. The number of aromatic amines is 1. The molecule has 0 saturated carbocycles. The van der Waals surface area contributed by atoms with Gasteiger partial charge < -0.3 is 25.1 Å². The lowest BCUT2D eigenvalue weighted by molar-refractivity contribution is -0.120. The van der Waals surface area contributed by atoms with Gasteiger partial charge in [0.25, 0.3) is 5.56 Å². The molecule has 3 rings (SSSR count). The number of anilines is 1. The van der Waals surface area contributed by atoms with Gasteiger partial charge in [-0.2, -0.15) is 0 Å². The number of hydrogen-bond acceptors (Lipinski definition) is 7. The molecule has 1 aromatic heterocycles. The SMILES string of the molecule is COc1ccc(OC)c(NC(=O)CSc2nc(CC(=O)NCCc3ccccc3)cc(=O)[nH]2)c1. The molecule has 0 aliphatic rings. The number of H-pyrrole nitrogens is 1. The summed E-state index contributed by atoms with van der Waals surface area (Å²) in [6.07, 6.45) is 0.684.